The molecule has 20 heavy (non-hydrogen) atoms. The van der Waals surface area contributed by atoms with Gasteiger partial charge < -0.3 is 5.73 Å². The third-order valence-corrected chi connectivity index (χ3v) is 4.47. The highest BCUT2D eigenvalue weighted by atomic mass is 32.2. The van der Waals surface area contributed by atoms with Crippen LogP contribution in [-0.4, -0.2) is 24.2 Å². The number of rotatable bonds is 2. The fraction of sp³-hybridized carbons (Fsp3) is 0.167. The van der Waals surface area contributed by atoms with Crippen LogP contribution >= 0.6 is 0 Å². The van der Waals surface area contributed by atoms with Crippen LogP contribution < -0.4 is 11.1 Å². The number of para-hydroxylation sites is 1. The quantitative estimate of drug-likeness (QED) is 0.853. The Labute approximate surface area is 115 Å². The summed E-state index contributed by atoms with van der Waals surface area (Å²) in [6, 6.07) is 8.37. The largest absolute Gasteiger partial charge is 0.351 e. The number of carbonyl (C=O) groups is 1. The lowest BCUT2D eigenvalue weighted by molar-refractivity contribution is 0.259. The molecule has 1 aromatic carbocycles. The van der Waals surface area contributed by atoms with Gasteiger partial charge in [0.05, 0.1) is 22.9 Å². The van der Waals surface area contributed by atoms with Crippen LogP contribution in [0.25, 0.3) is 5.69 Å². The summed E-state index contributed by atoms with van der Waals surface area (Å²) in [6.07, 6.45) is 0. The second-order valence-corrected chi connectivity index (χ2v) is 6.61. The number of nitrogens with two attached hydrogens (primary N) is 1. The molecule has 0 spiro atoms. The number of nitrogens with one attached hydrogen (secondary N) is 1. The second-order valence-electron chi connectivity index (χ2n) is 4.54. The van der Waals surface area contributed by atoms with Crippen LogP contribution in [0.15, 0.2) is 30.3 Å². The van der Waals surface area contributed by atoms with E-state index in [0.29, 0.717) is 17.1 Å². The molecule has 2 aromatic rings. The van der Waals surface area contributed by atoms with Gasteiger partial charge in [0.2, 0.25) is 0 Å². The van der Waals surface area contributed by atoms with Crippen LogP contribution in [0.3, 0.4) is 0 Å². The first-order valence-electron chi connectivity index (χ1n) is 5.89. The molecular formula is C12H12N4O3S. The molecule has 2 heterocycles. The molecule has 0 unspecified atom stereocenters. The van der Waals surface area contributed by atoms with Gasteiger partial charge >= 0.3 is 6.03 Å². The minimum absolute atomic E-state index is 0.115. The van der Waals surface area contributed by atoms with Crippen molar-refractivity contribution in [1.29, 1.82) is 0 Å². The minimum Gasteiger partial charge on any atom is -0.351 e. The lowest BCUT2D eigenvalue weighted by Gasteiger charge is -2.09. The van der Waals surface area contributed by atoms with E-state index < -0.39 is 15.9 Å². The molecule has 3 rings (SSSR count). The van der Waals surface area contributed by atoms with Gasteiger partial charge in [0, 0.05) is 5.56 Å². The molecule has 104 valence electrons. The maximum absolute atomic E-state index is 11.6. The molecule has 0 fully saturated rings. The summed E-state index contributed by atoms with van der Waals surface area (Å²) in [5.74, 6) is 0.0696. The summed E-state index contributed by atoms with van der Waals surface area (Å²) in [4.78, 5) is 11.1. The van der Waals surface area contributed by atoms with E-state index in [1.54, 1.807) is 0 Å². The maximum Gasteiger partial charge on any atom is 0.317 e. The number of carbonyl (C=O) groups excluding carboxylic acids is 1. The van der Waals surface area contributed by atoms with Crippen LogP contribution in [-0.2, 0) is 21.3 Å². The Morgan fingerprint density at radius 2 is 1.95 bits per heavy atom. The lowest BCUT2D eigenvalue weighted by atomic mass is 10.2. The summed E-state index contributed by atoms with van der Waals surface area (Å²) < 4.78 is 24.8. The van der Waals surface area contributed by atoms with Gasteiger partial charge in [-0.25, -0.2) is 17.9 Å². The van der Waals surface area contributed by atoms with Crippen molar-refractivity contribution in [3.63, 3.8) is 0 Å². The molecule has 0 radical (unpaired) electrons. The zero-order valence-electron chi connectivity index (χ0n) is 10.4. The molecule has 0 atom stereocenters. The predicted octanol–water partition coefficient (Wildman–Crippen LogP) is 0.791. The molecule has 3 N–H and O–H groups in total. The third-order valence-electron chi connectivity index (χ3n) is 3.03. The smallest absolute Gasteiger partial charge is 0.317 e. The number of urea groups is 1. The molecule has 0 saturated carbocycles. The Bertz CT molecular complexity index is 781. The molecular weight excluding hydrogens is 280 g/mol. The molecule has 2 amide bonds. The SMILES string of the molecule is NC(=O)Nc1c2c(nn1-c1ccccc1)CS(=O)(=O)C2. The summed E-state index contributed by atoms with van der Waals surface area (Å²) in [6.45, 7) is 0. The summed E-state index contributed by atoms with van der Waals surface area (Å²) in [7, 11) is -3.19. The zero-order chi connectivity index (χ0) is 14.3. The lowest BCUT2D eigenvalue weighted by Crippen LogP contribution is -2.22. The normalized spacial score (nSPS) is 15.8. The van der Waals surface area contributed by atoms with E-state index in [0.717, 1.165) is 5.69 Å². The minimum atomic E-state index is -3.19. The highest BCUT2D eigenvalue weighted by Gasteiger charge is 2.32. The molecule has 8 heteroatoms. The molecule has 0 aliphatic carbocycles. The summed E-state index contributed by atoms with van der Waals surface area (Å²) in [5, 5.41) is 6.74. The molecule has 1 aromatic heterocycles. The Hall–Kier alpha value is -2.35. The predicted molar refractivity (Wildman–Crippen MR) is 73.1 cm³/mol. The molecule has 1 aliphatic heterocycles. The van der Waals surface area contributed by atoms with Gasteiger partial charge in [-0.3, -0.25) is 5.32 Å². The highest BCUT2D eigenvalue weighted by molar-refractivity contribution is 7.90. The van der Waals surface area contributed by atoms with Crippen LogP contribution in [0.2, 0.25) is 0 Å². The van der Waals surface area contributed by atoms with Crippen molar-refractivity contribution >= 4 is 21.7 Å². The molecule has 0 bridgehead atoms. The topological polar surface area (TPSA) is 107 Å². The fourth-order valence-electron chi connectivity index (χ4n) is 2.24. The number of hydrogen-bond acceptors (Lipinski definition) is 4. The number of nitrogens with zero attached hydrogens (tertiary/aromatic N) is 2. The number of fused-ring (bicyclic) bond motifs is 1. The maximum atomic E-state index is 11.6. The standard InChI is InChI=1S/C12H12N4O3S/c13-12(17)14-11-9-6-20(18,19)7-10(9)15-16(11)8-4-2-1-3-5-8/h1-5H,6-7H2,(H3,13,14,17). The van der Waals surface area contributed by atoms with E-state index in [2.05, 4.69) is 10.4 Å². The van der Waals surface area contributed by atoms with Crippen molar-refractivity contribution in [3.05, 3.63) is 41.6 Å². The van der Waals surface area contributed by atoms with Crippen molar-refractivity contribution < 1.29 is 13.2 Å². The van der Waals surface area contributed by atoms with Crippen molar-refractivity contribution in [2.75, 3.05) is 5.32 Å². The van der Waals surface area contributed by atoms with Gasteiger partial charge in [0.25, 0.3) is 0 Å². The first kappa shape index (κ1) is 12.7. The van der Waals surface area contributed by atoms with Crippen molar-refractivity contribution in [2.24, 2.45) is 5.73 Å². The molecule has 1 aliphatic rings. The van der Waals surface area contributed by atoms with Gasteiger partial charge in [-0.2, -0.15) is 5.10 Å². The number of amides is 2. The number of aromatic nitrogens is 2. The van der Waals surface area contributed by atoms with Crippen LogP contribution in [0.1, 0.15) is 11.3 Å². The van der Waals surface area contributed by atoms with E-state index in [9.17, 15) is 13.2 Å². The number of benzene rings is 1. The highest BCUT2D eigenvalue weighted by Crippen LogP contribution is 2.32. The fourth-order valence-corrected chi connectivity index (χ4v) is 3.74. The van der Waals surface area contributed by atoms with Crippen LogP contribution in [0, 0.1) is 0 Å². The number of primary amides is 1. The monoisotopic (exact) mass is 292 g/mol. The van der Waals surface area contributed by atoms with Crippen LogP contribution in [0.5, 0.6) is 0 Å². The van der Waals surface area contributed by atoms with E-state index in [-0.39, 0.29) is 11.5 Å². The number of sulfone groups is 1. The Morgan fingerprint density at radius 1 is 1.25 bits per heavy atom. The van der Waals surface area contributed by atoms with Gasteiger partial charge in [-0.15, -0.1) is 0 Å². The van der Waals surface area contributed by atoms with E-state index in [1.165, 1.54) is 4.68 Å². The van der Waals surface area contributed by atoms with Crippen molar-refractivity contribution in [2.45, 2.75) is 11.5 Å². The van der Waals surface area contributed by atoms with Gasteiger partial charge in [0.15, 0.2) is 9.84 Å². The summed E-state index contributed by atoms with van der Waals surface area (Å²) in [5.41, 5.74) is 6.84. The average molecular weight is 292 g/mol. The van der Waals surface area contributed by atoms with E-state index >= 15 is 0 Å². The first-order valence-corrected chi connectivity index (χ1v) is 7.71. The van der Waals surface area contributed by atoms with Gasteiger partial charge in [0.1, 0.15) is 5.82 Å². The molecule has 7 nitrogen and oxygen atoms in total. The number of anilines is 1. The van der Waals surface area contributed by atoms with Gasteiger partial charge in [-0.1, -0.05) is 18.2 Å². The zero-order valence-corrected chi connectivity index (χ0v) is 11.2. The average Bonchev–Trinajstić information content (AvgIpc) is 2.84. The molecule has 0 saturated heterocycles. The van der Waals surface area contributed by atoms with Crippen molar-refractivity contribution in [1.82, 2.24) is 9.78 Å². The van der Waals surface area contributed by atoms with E-state index in [1.807, 2.05) is 30.3 Å². The Balaban J connectivity index is 2.15. The van der Waals surface area contributed by atoms with E-state index in [4.69, 9.17) is 5.73 Å². The third kappa shape index (κ3) is 2.14. The first-order chi connectivity index (χ1) is 9.46. The van der Waals surface area contributed by atoms with Crippen LogP contribution in [0.4, 0.5) is 10.6 Å². The van der Waals surface area contributed by atoms with Crippen molar-refractivity contribution in [3.8, 4) is 5.69 Å². The number of hydrogen-bond donors (Lipinski definition) is 2. The van der Waals surface area contributed by atoms with Gasteiger partial charge in [-0.05, 0) is 12.1 Å². The Kier molecular flexibility index (Phi) is 2.75. The summed E-state index contributed by atoms with van der Waals surface area (Å²) >= 11 is 0. The Morgan fingerprint density at radius 3 is 2.60 bits per heavy atom. The second kappa shape index (κ2) is 4.34.